The van der Waals surface area contributed by atoms with Gasteiger partial charge in [0.2, 0.25) is 0 Å². The van der Waals surface area contributed by atoms with Crippen LogP contribution in [-0.4, -0.2) is 27.3 Å². The minimum Gasteiger partial charge on any atom is -0.330 e. The highest BCUT2D eigenvalue weighted by molar-refractivity contribution is 5.98. The minimum atomic E-state index is 0.0585. The van der Waals surface area contributed by atoms with Gasteiger partial charge in [-0.2, -0.15) is 0 Å². The van der Waals surface area contributed by atoms with Crippen molar-refractivity contribution < 1.29 is 4.79 Å². The molecule has 1 aromatic carbocycles. The number of benzene rings is 1. The largest absolute Gasteiger partial charge is 0.330 e. The van der Waals surface area contributed by atoms with Gasteiger partial charge in [0, 0.05) is 29.9 Å². The zero-order valence-corrected chi connectivity index (χ0v) is 15.3. The Bertz CT molecular complexity index is 967. The van der Waals surface area contributed by atoms with Gasteiger partial charge < -0.3 is 4.90 Å². The van der Waals surface area contributed by atoms with Crippen LogP contribution < -0.4 is 0 Å². The maximum Gasteiger partial charge on any atom is 0.254 e. The van der Waals surface area contributed by atoms with E-state index in [0.717, 1.165) is 47.0 Å². The maximum absolute atomic E-state index is 13.3. The predicted molar refractivity (Wildman–Crippen MR) is 103 cm³/mol. The lowest BCUT2D eigenvalue weighted by molar-refractivity contribution is 0.0665. The molecule has 4 heteroatoms. The van der Waals surface area contributed by atoms with Crippen LogP contribution in [0.25, 0.3) is 10.9 Å². The molecule has 2 heterocycles. The van der Waals surface area contributed by atoms with E-state index in [-0.39, 0.29) is 11.9 Å². The van der Waals surface area contributed by atoms with Gasteiger partial charge in [-0.1, -0.05) is 6.07 Å². The van der Waals surface area contributed by atoms with Crippen LogP contribution in [0.2, 0.25) is 0 Å². The van der Waals surface area contributed by atoms with Crippen LogP contribution in [0.1, 0.15) is 53.0 Å². The summed E-state index contributed by atoms with van der Waals surface area (Å²) in [5.41, 5.74) is 5.12. The molecule has 2 aromatic heterocycles. The highest BCUT2D eigenvalue weighted by Gasteiger charge is 2.30. The van der Waals surface area contributed by atoms with Crippen LogP contribution in [0, 0.1) is 6.92 Å². The zero-order chi connectivity index (χ0) is 18.1. The van der Waals surface area contributed by atoms with Crippen LogP contribution in [0.15, 0.2) is 48.8 Å². The number of aromatic nitrogens is 2. The van der Waals surface area contributed by atoms with E-state index in [4.69, 9.17) is 0 Å². The summed E-state index contributed by atoms with van der Waals surface area (Å²) in [6, 6.07) is 12.0. The van der Waals surface area contributed by atoms with Crippen molar-refractivity contribution in [2.24, 2.45) is 0 Å². The molecule has 1 atom stereocenters. The van der Waals surface area contributed by atoms with E-state index >= 15 is 0 Å². The molecule has 3 aromatic rings. The summed E-state index contributed by atoms with van der Waals surface area (Å²) in [5.74, 6) is 0.0705. The second kappa shape index (κ2) is 6.87. The molecule has 0 saturated heterocycles. The van der Waals surface area contributed by atoms with Gasteiger partial charge in [0.05, 0.1) is 17.3 Å². The van der Waals surface area contributed by atoms with Crippen molar-refractivity contribution >= 4 is 16.8 Å². The molecule has 26 heavy (non-hydrogen) atoms. The average molecular weight is 345 g/mol. The molecule has 0 aliphatic heterocycles. The number of carbonyl (C=O) groups is 1. The summed E-state index contributed by atoms with van der Waals surface area (Å²) in [6.45, 7) is 4.77. The van der Waals surface area contributed by atoms with E-state index in [1.54, 1.807) is 0 Å². The number of amides is 1. The number of hydrogen-bond acceptors (Lipinski definition) is 3. The first-order valence-corrected chi connectivity index (χ1v) is 9.29. The number of pyridine rings is 2. The second-order valence-corrected chi connectivity index (χ2v) is 6.91. The molecule has 0 N–H and O–H groups in total. The third-order valence-electron chi connectivity index (χ3n) is 5.35. The molecule has 0 spiro atoms. The monoisotopic (exact) mass is 345 g/mol. The van der Waals surface area contributed by atoms with Crippen LogP contribution in [0.3, 0.4) is 0 Å². The Balaban J connectivity index is 1.72. The van der Waals surface area contributed by atoms with Crippen molar-refractivity contribution in [3.63, 3.8) is 0 Å². The summed E-state index contributed by atoms with van der Waals surface area (Å²) in [5, 5.41) is 1.04. The summed E-state index contributed by atoms with van der Waals surface area (Å²) >= 11 is 0. The molecule has 0 bridgehead atoms. The topological polar surface area (TPSA) is 46.1 Å². The van der Waals surface area contributed by atoms with Crippen molar-refractivity contribution in [2.75, 3.05) is 6.54 Å². The highest BCUT2D eigenvalue weighted by atomic mass is 16.2. The lowest BCUT2D eigenvalue weighted by Crippen LogP contribution is -2.37. The molecular formula is C22H23N3O. The lowest BCUT2D eigenvalue weighted by Gasteiger charge is -2.34. The standard InChI is InChI=1S/C22H23N3O/c1-3-25(20-8-4-6-16-7-5-12-24-21(16)20)22(26)17-9-10-19-18(14-17)15(2)11-13-23-19/h5,7,9-14,20H,3-4,6,8H2,1-2H3. The smallest absolute Gasteiger partial charge is 0.254 e. The summed E-state index contributed by atoms with van der Waals surface area (Å²) < 4.78 is 0. The number of rotatable bonds is 3. The molecule has 1 aliphatic rings. The molecular weight excluding hydrogens is 322 g/mol. The van der Waals surface area contributed by atoms with Crippen molar-refractivity contribution in [2.45, 2.75) is 39.2 Å². The minimum absolute atomic E-state index is 0.0585. The Morgan fingerprint density at radius 3 is 2.92 bits per heavy atom. The molecule has 4 rings (SSSR count). The first-order valence-electron chi connectivity index (χ1n) is 9.29. The van der Waals surface area contributed by atoms with E-state index < -0.39 is 0 Å². The number of hydrogen-bond donors (Lipinski definition) is 0. The Hall–Kier alpha value is -2.75. The van der Waals surface area contributed by atoms with Crippen molar-refractivity contribution in [1.29, 1.82) is 0 Å². The van der Waals surface area contributed by atoms with E-state index in [2.05, 4.69) is 23.0 Å². The molecule has 1 aliphatic carbocycles. The molecule has 0 saturated carbocycles. The second-order valence-electron chi connectivity index (χ2n) is 6.91. The first-order chi connectivity index (χ1) is 12.7. The third kappa shape index (κ3) is 2.85. The van der Waals surface area contributed by atoms with Crippen LogP contribution in [0.5, 0.6) is 0 Å². The van der Waals surface area contributed by atoms with Gasteiger partial charge in [-0.3, -0.25) is 14.8 Å². The average Bonchev–Trinajstić information content (AvgIpc) is 2.69. The summed E-state index contributed by atoms with van der Waals surface area (Å²) in [4.78, 5) is 24.3. The predicted octanol–water partition coefficient (Wildman–Crippen LogP) is 4.48. The van der Waals surface area contributed by atoms with Gasteiger partial charge in [0.15, 0.2) is 0 Å². The fourth-order valence-electron chi connectivity index (χ4n) is 3.98. The fraction of sp³-hybridized carbons (Fsp3) is 0.318. The Morgan fingerprint density at radius 1 is 1.19 bits per heavy atom. The highest BCUT2D eigenvalue weighted by Crippen LogP contribution is 2.33. The van der Waals surface area contributed by atoms with Gasteiger partial charge >= 0.3 is 0 Å². The number of nitrogens with zero attached hydrogens (tertiary/aromatic N) is 3. The Morgan fingerprint density at radius 2 is 2.08 bits per heavy atom. The summed E-state index contributed by atoms with van der Waals surface area (Å²) in [6.07, 6.45) is 6.75. The first kappa shape index (κ1) is 16.7. The quantitative estimate of drug-likeness (QED) is 0.703. The van der Waals surface area contributed by atoms with Crippen molar-refractivity contribution in [3.05, 3.63) is 71.2 Å². The summed E-state index contributed by atoms with van der Waals surface area (Å²) in [7, 11) is 0. The van der Waals surface area contributed by atoms with E-state index in [1.807, 2.05) is 54.5 Å². The lowest BCUT2D eigenvalue weighted by atomic mass is 9.90. The number of carbonyl (C=O) groups excluding carboxylic acids is 1. The van der Waals surface area contributed by atoms with Gasteiger partial charge in [0.25, 0.3) is 5.91 Å². The third-order valence-corrected chi connectivity index (χ3v) is 5.35. The van der Waals surface area contributed by atoms with Crippen LogP contribution >= 0.6 is 0 Å². The molecule has 1 amide bonds. The Kier molecular flexibility index (Phi) is 4.41. The van der Waals surface area contributed by atoms with Gasteiger partial charge in [0.1, 0.15) is 0 Å². The van der Waals surface area contributed by atoms with Gasteiger partial charge in [-0.25, -0.2) is 0 Å². The zero-order valence-electron chi connectivity index (χ0n) is 15.3. The SMILES string of the molecule is CCN(C(=O)c1ccc2nccc(C)c2c1)C1CCCc2cccnc21. The van der Waals surface area contributed by atoms with E-state index in [0.29, 0.717) is 6.54 Å². The van der Waals surface area contributed by atoms with Crippen LogP contribution in [0.4, 0.5) is 0 Å². The molecule has 0 fully saturated rings. The Labute approximate surface area is 153 Å². The van der Waals surface area contributed by atoms with Gasteiger partial charge in [-0.15, -0.1) is 0 Å². The van der Waals surface area contributed by atoms with Crippen molar-refractivity contribution in [3.8, 4) is 0 Å². The van der Waals surface area contributed by atoms with E-state index in [9.17, 15) is 4.79 Å². The fourth-order valence-corrected chi connectivity index (χ4v) is 3.98. The molecule has 132 valence electrons. The van der Waals surface area contributed by atoms with Crippen molar-refractivity contribution in [1.82, 2.24) is 14.9 Å². The molecule has 4 nitrogen and oxygen atoms in total. The van der Waals surface area contributed by atoms with Gasteiger partial charge in [-0.05, 0) is 74.6 Å². The van der Waals surface area contributed by atoms with E-state index in [1.165, 1.54) is 5.56 Å². The normalized spacial score (nSPS) is 16.3. The van der Waals surface area contributed by atoms with Crippen LogP contribution in [-0.2, 0) is 6.42 Å². The molecule has 0 radical (unpaired) electrons. The number of aryl methyl sites for hydroxylation is 2. The number of fused-ring (bicyclic) bond motifs is 2. The maximum atomic E-state index is 13.3. The molecule has 1 unspecified atom stereocenters.